The van der Waals surface area contributed by atoms with Gasteiger partial charge in [-0.3, -0.25) is 4.57 Å². The van der Waals surface area contributed by atoms with E-state index in [4.69, 9.17) is 4.98 Å². The van der Waals surface area contributed by atoms with E-state index in [-0.39, 0.29) is 0 Å². The second-order valence-electron chi connectivity index (χ2n) is 11.4. The SMILES string of the molecule is c1ccc(-c2cccc3c2nc(-c2ccc([N+](c4ccccc4)(c4ccccc4)c4ccccc4)cc2)n3-c2ccccc2)cc1. The Morgan fingerprint density at radius 2 is 0.826 bits per heavy atom. The Balaban J connectivity index is 1.36. The molecule has 46 heavy (non-hydrogen) atoms. The molecule has 0 spiro atoms. The zero-order valence-electron chi connectivity index (χ0n) is 25.3. The Hall–Kier alpha value is -6.03. The number of rotatable bonds is 7. The summed E-state index contributed by atoms with van der Waals surface area (Å²) in [5.41, 5.74) is 11.1. The molecule has 1 heterocycles. The van der Waals surface area contributed by atoms with Crippen LogP contribution in [0.2, 0.25) is 0 Å². The molecular formula is C43H32N3+. The van der Waals surface area contributed by atoms with Gasteiger partial charge in [-0.25, -0.2) is 4.98 Å². The van der Waals surface area contributed by atoms with Crippen molar-refractivity contribution in [2.45, 2.75) is 0 Å². The molecule has 0 radical (unpaired) electrons. The van der Waals surface area contributed by atoms with Crippen LogP contribution in [0.25, 0.3) is 39.2 Å². The highest BCUT2D eigenvalue weighted by Gasteiger charge is 2.39. The molecule has 0 atom stereocenters. The summed E-state index contributed by atoms with van der Waals surface area (Å²) in [5, 5.41) is 0. The molecule has 8 aromatic rings. The van der Waals surface area contributed by atoms with E-state index < -0.39 is 0 Å². The van der Waals surface area contributed by atoms with E-state index in [0.717, 1.165) is 62.0 Å². The van der Waals surface area contributed by atoms with Gasteiger partial charge in [0.25, 0.3) is 0 Å². The van der Waals surface area contributed by atoms with Crippen LogP contribution in [0.3, 0.4) is 0 Å². The minimum absolute atomic E-state index is 0.454. The zero-order chi connectivity index (χ0) is 30.8. The monoisotopic (exact) mass is 590 g/mol. The third-order valence-electron chi connectivity index (χ3n) is 8.73. The van der Waals surface area contributed by atoms with Crippen LogP contribution in [-0.4, -0.2) is 9.55 Å². The third kappa shape index (κ3) is 4.62. The molecule has 218 valence electrons. The highest BCUT2D eigenvalue weighted by atomic mass is 15.4. The first-order valence-corrected chi connectivity index (χ1v) is 15.6. The van der Waals surface area contributed by atoms with Gasteiger partial charge in [-0.1, -0.05) is 115 Å². The summed E-state index contributed by atoms with van der Waals surface area (Å²) in [5.74, 6) is 0.911. The highest BCUT2D eigenvalue weighted by molar-refractivity contribution is 5.95. The van der Waals surface area contributed by atoms with E-state index in [0.29, 0.717) is 4.48 Å². The van der Waals surface area contributed by atoms with E-state index >= 15 is 0 Å². The van der Waals surface area contributed by atoms with Gasteiger partial charge in [0, 0.05) is 65.3 Å². The van der Waals surface area contributed by atoms with Crippen molar-refractivity contribution < 1.29 is 0 Å². The van der Waals surface area contributed by atoms with Crippen LogP contribution in [0.15, 0.2) is 194 Å². The molecule has 3 nitrogen and oxygen atoms in total. The lowest BCUT2D eigenvalue weighted by molar-refractivity contribution is 0.704. The molecule has 0 aliphatic rings. The first-order valence-electron chi connectivity index (χ1n) is 15.6. The summed E-state index contributed by atoms with van der Waals surface area (Å²) in [7, 11) is 0. The molecule has 0 saturated carbocycles. The minimum Gasteiger partial charge on any atom is -0.292 e. The van der Waals surface area contributed by atoms with Crippen LogP contribution in [-0.2, 0) is 0 Å². The lowest BCUT2D eigenvalue weighted by Crippen LogP contribution is -2.33. The topological polar surface area (TPSA) is 17.8 Å². The Morgan fingerprint density at radius 3 is 1.35 bits per heavy atom. The second-order valence-corrected chi connectivity index (χ2v) is 11.4. The van der Waals surface area contributed by atoms with Gasteiger partial charge in [0.1, 0.15) is 28.6 Å². The fourth-order valence-corrected chi connectivity index (χ4v) is 6.67. The number of quaternary nitrogens is 1. The van der Waals surface area contributed by atoms with Crippen molar-refractivity contribution in [3.8, 4) is 28.2 Å². The van der Waals surface area contributed by atoms with Crippen LogP contribution in [0.4, 0.5) is 22.7 Å². The van der Waals surface area contributed by atoms with E-state index in [2.05, 4.69) is 199 Å². The number of imidazole rings is 1. The number of hydrogen-bond donors (Lipinski definition) is 0. The quantitative estimate of drug-likeness (QED) is 0.169. The third-order valence-corrected chi connectivity index (χ3v) is 8.73. The Labute approximate surface area is 269 Å². The molecule has 0 amide bonds. The second kappa shape index (κ2) is 11.8. The number of hydrogen-bond acceptors (Lipinski definition) is 1. The average Bonchev–Trinajstić information content (AvgIpc) is 3.54. The first kappa shape index (κ1) is 27.5. The molecule has 0 fully saturated rings. The van der Waals surface area contributed by atoms with Gasteiger partial charge in [-0.15, -0.1) is 0 Å². The molecule has 1 aromatic heterocycles. The Morgan fingerprint density at radius 1 is 0.370 bits per heavy atom. The maximum Gasteiger partial charge on any atom is 0.148 e. The van der Waals surface area contributed by atoms with Crippen LogP contribution in [0.5, 0.6) is 0 Å². The number of aromatic nitrogens is 2. The van der Waals surface area contributed by atoms with Gasteiger partial charge >= 0.3 is 0 Å². The molecule has 0 aliphatic carbocycles. The molecule has 0 bridgehead atoms. The van der Waals surface area contributed by atoms with Crippen molar-refractivity contribution in [3.05, 3.63) is 194 Å². The number of para-hydroxylation sites is 5. The van der Waals surface area contributed by atoms with E-state index in [9.17, 15) is 0 Å². The number of benzene rings is 7. The summed E-state index contributed by atoms with van der Waals surface area (Å²) < 4.78 is 2.74. The maximum absolute atomic E-state index is 5.36. The van der Waals surface area contributed by atoms with Gasteiger partial charge in [-0.05, 0) is 35.9 Å². The molecule has 8 rings (SSSR count). The molecule has 0 unspecified atom stereocenters. The van der Waals surface area contributed by atoms with Gasteiger partial charge < -0.3 is 0 Å². The summed E-state index contributed by atoms with van der Waals surface area (Å²) in [6.07, 6.45) is 0. The predicted molar refractivity (Wildman–Crippen MR) is 192 cm³/mol. The normalized spacial score (nSPS) is 11.5. The lowest BCUT2D eigenvalue weighted by atomic mass is 10.0. The zero-order valence-corrected chi connectivity index (χ0v) is 25.3. The van der Waals surface area contributed by atoms with Gasteiger partial charge in [0.15, 0.2) is 0 Å². The summed E-state index contributed by atoms with van der Waals surface area (Å²) in [6, 6.07) is 68.7. The lowest BCUT2D eigenvalue weighted by Gasteiger charge is -2.37. The van der Waals surface area contributed by atoms with Crippen molar-refractivity contribution >= 4 is 33.8 Å². The Bertz CT molecular complexity index is 2110. The van der Waals surface area contributed by atoms with Crippen LogP contribution in [0.1, 0.15) is 0 Å². The first-order chi connectivity index (χ1) is 22.8. The van der Waals surface area contributed by atoms with E-state index in [1.807, 2.05) is 0 Å². The Kier molecular flexibility index (Phi) is 7.06. The largest absolute Gasteiger partial charge is 0.292 e. The fourth-order valence-electron chi connectivity index (χ4n) is 6.67. The van der Waals surface area contributed by atoms with Gasteiger partial charge in [0.05, 0.1) is 11.0 Å². The van der Waals surface area contributed by atoms with Gasteiger partial charge in [-0.2, -0.15) is 4.48 Å². The van der Waals surface area contributed by atoms with Gasteiger partial charge in [0.2, 0.25) is 0 Å². The van der Waals surface area contributed by atoms with Crippen LogP contribution in [0, 0.1) is 0 Å². The molecule has 3 heteroatoms. The van der Waals surface area contributed by atoms with Crippen LogP contribution >= 0.6 is 0 Å². The van der Waals surface area contributed by atoms with Crippen molar-refractivity contribution in [1.29, 1.82) is 0 Å². The van der Waals surface area contributed by atoms with Crippen molar-refractivity contribution in [2.24, 2.45) is 0 Å². The van der Waals surface area contributed by atoms with E-state index in [1.165, 1.54) is 0 Å². The maximum atomic E-state index is 5.36. The molecule has 7 aromatic carbocycles. The fraction of sp³-hybridized carbons (Fsp3) is 0. The molecule has 0 N–H and O–H groups in total. The smallest absolute Gasteiger partial charge is 0.148 e. The van der Waals surface area contributed by atoms with Crippen molar-refractivity contribution in [2.75, 3.05) is 0 Å². The van der Waals surface area contributed by atoms with Crippen LogP contribution < -0.4 is 4.48 Å². The van der Waals surface area contributed by atoms with E-state index in [1.54, 1.807) is 0 Å². The summed E-state index contributed by atoms with van der Waals surface area (Å²) in [4.78, 5) is 5.36. The highest BCUT2D eigenvalue weighted by Crippen LogP contribution is 2.51. The average molecular weight is 591 g/mol. The predicted octanol–water partition coefficient (Wildman–Crippen LogP) is 11.7. The number of fused-ring (bicyclic) bond motifs is 1. The molecule has 0 saturated heterocycles. The number of nitrogens with zero attached hydrogens (tertiary/aromatic N) is 3. The minimum atomic E-state index is 0.454. The standard InChI is InChI=1S/C43H32N3/c1-6-17-33(18-7-1)40-27-16-28-41-42(40)44-43(45(41)35-19-8-2-9-20-35)34-29-31-39(32-30-34)46(36-21-10-3-11-22-36,37-23-12-4-13-24-37)38-25-14-5-15-26-38/h1-32H/q+1. The molecule has 0 aliphatic heterocycles. The molecular weight excluding hydrogens is 558 g/mol. The summed E-state index contributed by atoms with van der Waals surface area (Å²) >= 11 is 0. The van der Waals surface area contributed by atoms with Crippen molar-refractivity contribution in [3.63, 3.8) is 0 Å². The van der Waals surface area contributed by atoms with Crippen molar-refractivity contribution in [1.82, 2.24) is 14.0 Å². The summed E-state index contributed by atoms with van der Waals surface area (Å²) in [6.45, 7) is 0.